The van der Waals surface area contributed by atoms with Crippen molar-refractivity contribution in [1.82, 2.24) is 0 Å². The lowest BCUT2D eigenvalue weighted by Crippen LogP contribution is -2.42. The first-order valence-electron chi connectivity index (χ1n) is 7.90. The van der Waals surface area contributed by atoms with Crippen LogP contribution < -0.4 is 14.4 Å². The Balaban J connectivity index is 2.40. The topological polar surface area (TPSA) is 75.7 Å². The Kier molecular flexibility index (Phi) is 5.22. The molecule has 0 saturated carbocycles. The Morgan fingerprint density at radius 3 is 2.75 bits per heavy atom. The van der Waals surface area contributed by atoms with Gasteiger partial charge in [0.1, 0.15) is 12.4 Å². The molecule has 1 aromatic rings. The van der Waals surface area contributed by atoms with Crippen molar-refractivity contribution < 1.29 is 17.9 Å². The van der Waals surface area contributed by atoms with Gasteiger partial charge in [0.25, 0.3) is 0 Å². The van der Waals surface area contributed by atoms with Crippen LogP contribution in [0.2, 0.25) is 0 Å². The van der Waals surface area contributed by atoms with E-state index in [9.17, 15) is 13.2 Å². The fraction of sp³-hybridized carbons (Fsp3) is 0.471. The largest absolute Gasteiger partial charge is 0.490 e. The predicted octanol–water partition coefficient (Wildman–Crippen LogP) is 2.78. The third kappa shape index (κ3) is 3.90. The number of hydrogen-bond donors (Lipinski definition) is 1. The molecular formula is C17H24N2O4S. The second-order valence-electron chi connectivity index (χ2n) is 6.48. The molecule has 0 spiro atoms. The number of benzene rings is 1. The van der Waals surface area contributed by atoms with Crippen LogP contribution in [-0.4, -0.2) is 33.2 Å². The number of sulfonamides is 1. The van der Waals surface area contributed by atoms with Gasteiger partial charge in [0.05, 0.1) is 22.5 Å². The van der Waals surface area contributed by atoms with Crippen LogP contribution in [0.1, 0.15) is 27.2 Å². The van der Waals surface area contributed by atoms with Gasteiger partial charge in [0.2, 0.25) is 15.9 Å². The van der Waals surface area contributed by atoms with E-state index in [0.29, 0.717) is 30.1 Å². The molecule has 1 aliphatic heterocycles. The summed E-state index contributed by atoms with van der Waals surface area (Å²) in [6.45, 7) is 9.73. The highest BCUT2D eigenvalue weighted by Crippen LogP contribution is 2.38. The Labute approximate surface area is 143 Å². The van der Waals surface area contributed by atoms with Gasteiger partial charge in [-0.15, -0.1) is 6.58 Å². The number of rotatable bonds is 6. The van der Waals surface area contributed by atoms with Crippen LogP contribution >= 0.6 is 0 Å². The molecule has 0 aliphatic carbocycles. The van der Waals surface area contributed by atoms with E-state index in [-0.39, 0.29) is 18.3 Å². The third-order valence-electron chi connectivity index (χ3n) is 3.72. The molecule has 0 bridgehead atoms. The molecule has 7 heteroatoms. The zero-order valence-electron chi connectivity index (χ0n) is 14.3. The normalized spacial score (nSPS) is 16.8. The van der Waals surface area contributed by atoms with Crippen LogP contribution in [0.15, 0.2) is 30.9 Å². The van der Waals surface area contributed by atoms with Crippen LogP contribution in [0.4, 0.5) is 11.4 Å². The number of fused-ring (bicyclic) bond motifs is 1. The number of anilines is 2. The third-order valence-corrected chi connectivity index (χ3v) is 5.21. The molecule has 0 aromatic heterocycles. The van der Waals surface area contributed by atoms with Gasteiger partial charge in [0, 0.05) is 12.6 Å². The summed E-state index contributed by atoms with van der Waals surface area (Å²) in [6, 6.07) is 4.95. The van der Waals surface area contributed by atoms with E-state index >= 15 is 0 Å². The van der Waals surface area contributed by atoms with Crippen LogP contribution in [-0.2, 0) is 14.8 Å². The summed E-state index contributed by atoms with van der Waals surface area (Å²) in [5.41, 5.74) is 0.362. The first-order valence-corrected chi connectivity index (χ1v) is 9.55. The Morgan fingerprint density at radius 2 is 2.12 bits per heavy atom. The van der Waals surface area contributed by atoms with Gasteiger partial charge >= 0.3 is 0 Å². The van der Waals surface area contributed by atoms with Gasteiger partial charge in [-0.1, -0.05) is 13.0 Å². The van der Waals surface area contributed by atoms with E-state index in [2.05, 4.69) is 11.3 Å². The van der Waals surface area contributed by atoms with Gasteiger partial charge in [-0.05, 0) is 32.4 Å². The molecule has 132 valence electrons. The van der Waals surface area contributed by atoms with Crippen molar-refractivity contribution in [2.24, 2.45) is 5.41 Å². The molecule has 0 unspecified atom stereocenters. The smallest absolute Gasteiger partial charge is 0.236 e. The minimum atomic E-state index is -3.38. The number of carbonyl (C=O) groups is 1. The lowest BCUT2D eigenvalue weighted by Gasteiger charge is -2.27. The molecule has 1 aliphatic rings. The molecule has 0 atom stereocenters. The molecule has 2 rings (SSSR count). The maximum Gasteiger partial charge on any atom is 0.236 e. The summed E-state index contributed by atoms with van der Waals surface area (Å²) in [5, 5.41) is 0. The fourth-order valence-electron chi connectivity index (χ4n) is 2.52. The molecule has 6 nitrogen and oxygen atoms in total. The van der Waals surface area contributed by atoms with Crippen molar-refractivity contribution in [2.75, 3.05) is 28.5 Å². The van der Waals surface area contributed by atoms with Gasteiger partial charge in [-0.2, -0.15) is 0 Å². The minimum absolute atomic E-state index is 0.0546. The minimum Gasteiger partial charge on any atom is -0.490 e. The average Bonchev–Trinajstić information content (AvgIpc) is 2.58. The SMILES string of the molecule is C=CCN1C(=O)C(C)(C)COc2cc(NS(=O)(=O)CCC)ccc21. The van der Waals surface area contributed by atoms with Gasteiger partial charge in [-0.3, -0.25) is 9.52 Å². The second-order valence-corrected chi connectivity index (χ2v) is 8.32. The first kappa shape index (κ1) is 18.3. The quantitative estimate of drug-likeness (QED) is 0.799. The Morgan fingerprint density at radius 1 is 1.42 bits per heavy atom. The molecule has 1 N–H and O–H groups in total. The van der Waals surface area contributed by atoms with Crippen LogP contribution in [0.3, 0.4) is 0 Å². The number of amides is 1. The maximum absolute atomic E-state index is 12.7. The van der Waals surface area contributed by atoms with Gasteiger partial charge in [0.15, 0.2) is 0 Å². The van der Waals surface area contributed by atoms with Crippen LogP contribution in [0.25, 0.3) is 0 Å². The number of nitrogens with one attached hydrogen (secondary N) is 1. The summed E-state index contributed by atoms with van der Waals surface area (Å²) in [6.07, 6.45) is 2.19. The van der Waals surface area contributed by atoms with Gasteiger partial charge < -0.3 is 9.64 Å². The molecule has 0 fully saturated rings. The number of carbonyl (C=O) groups excluding carboxylic acids is 1. The maximum atomic E-state index is 12.7. The summed E-state index contributed by atoms with van der Waals surface area (Å²) >= 11 is 0. The first-order chi connectivity index (χ1) is 11.2. The van der Waals surface area contributed by atoms with Crippen molar-refractivity contribution in [3.63, 3.8) is 0 Å². The highest BCUT2D eigenvalue weighted by atomic mass is 32.2. The average molecular weight is 352 g/mol. The lowest BCUT2D eigenvalue weighted by molar-refractivity contribution is -0.127. The van der Waals surface area contributed by atoms with E-state index in [0.717, 1.165) is 0 Å². The van der Waals surface area contributed by atoms with Gasteiger partial charge in [-0.25, -0.2) is 8.42 Å². The van der Waals surface area contributed by atoms with Crippen molar-refractivity contribution in [3.05, 3.63) is 30.9 Å². The summed E-state index contributed by atoms with van der Waals surface area (Å²) in [7, 11) is -3.38. The predicted molar refractivity (Wildman–Crippen MR) is 96.0 cm³/mol. The molecule has 1 heterocycles. The zero-order chi connectivity index (χ0) is 18.0. The number of hydrogen-bond acceptors (Lipinski definition) is 4. The molecule has 0 radical (unpaired) electrons. The molecular weight excluding hydrogens is 328 g/mol. The van der Waals surface area contributed by atoms with Crippen molar-refractivity contribution in [2.45, 2.75) is 27.2 Å². The molecule has 24 heavy (non-hydrogen) atoms. The Hall–Kier alpha value is -2.02. The highest BCUT2D eigenvalue weighted by Gasteiger charge is 2.37. The number of ether oxygens (including phenoxy) is 1. The van der Waals surface area contributed by atoms with Crippen LogP contribution in [0.5, 0.6) is 5.75 Å². The fourth-order valence-corrected chi connectivity index (χ4v) is 3.65. The Bertz CT molecular complexity index is 741. The van der Waals surface area contributed by atoms with E-state index in [1.54, 1.807) is 36.1 Å². The lowest BCUT2D eigenvalue weighted by atomic mass is 9.93. The second kappa shape index (κ2) is 6.84. The highest BCUT2D eigenvalue weighted by molar-refractivity contribution is 7.92. The summed E-state index contributed by atoms with van der Waals surface area (Å²) in [5.74, 6) is 0.479. The molecule has 1 aromatic carbocycles. The van der Waals surface area contributed by atoms with Crippen LogP contribution in [0, 0.1) is 5.41 Å². The summed E-state index contributed by atoms with van der Waals surface area (Å²) in [4.78, 5) is 14.3. The molecule has 1 amide bonds. The van der Waals surface area contributed by atoms with E-state index in [1.807, 2.05) is 13.8 Å². The summed E-state index contributed by atoms with van der Waals surface area (Å²) < 4.78 is 32.2. The van der Waals surface area contributed by atoms with E-state index in [4.69, 9.17) is 4.74 Å². The standard InChI is InChI=1S/C17H24N2O4S/c1-5-9-19-14-8-7-13(18-24(21,22)10-6-2)11-15(14)23-12-17(3,4)16(19)20/h5,7-8,11,18H,1,6,9-10,12H2,2-4H3. The van der Waals surface area contributed by atoms with Crippen molar-refractivity contribution in [3.8, 4) is 5.75 Å². The van der Waals surface area contributed by atoms with E-state index < -0.39 is 15.4 Å². The monoisotopic (exact) mass is 352 g/mol. The number of nitrogens with zero attached hydrogens (tertiary/aromatic N) is 1. The molecule has 0 saturated heterocycles. The van der Waals surface area contributed by atoms with Crippen molar-refractivity contribution in [1.29, 1.82) is 0 Å². The zero-order valence-corrected chi connectivity index (χ0v) is 15.1. The van der Waals surface area contributed by atoms with Crippen molar-refractivity contribution >= 4 is 27.3 Å². The van der Waals surface area contributed by atoms with E-state index in [1.165, 1.54) is 0 Å².